The van der Waals surface area contributed by atoms with Crippen molar-refractivity contribution in [3.8, 4) is 11.1 Å². The SMILES string of the molecule is CCOC(=O)c1c(-c2cc([N+](=O)[O-])ccc2Cl)c2c(=O)[nH]c3ccccc3c2oc1=N. The molecule has 0 atom stereocenters. The fraction of sp³-hybridized carbons (Fsp3) is 0.0952. The van der Waals surface area contributed by atoms with Crippen LogP contribution in [-0.2, 0) is 4.74 Å². The van der Waals surface area contributed by atoms with Crippen LogP contribution in [0.2, 0.25) is 5.02 Å². The van der Waals surface area contributed by atoms with Gasteiger partial charge in [0, 0.05) is 33.7 Å². The number of nitro benzene ring substituents is 1. The first-order valence-corrected chi connectivity index (χ1v) is 9.49. The quantitative estimate of drug-likeness (QED) is 0.212. The smallest absolute Gasteiger partial charge is 0.344 e. The van der Waals surface area contributed by atoms with Crippen LogP contribution in [-0.4, -0.2) is 22.5 Å². The Labute approximate surface area is 178 Å². The average Bonchev–Trinajstić information content (AvgIpc) is 2.73. The first-order valence-electron chi connectivity index (χ1n) is 9.11. The number of carbonyl (C=O) groups excluding carboxylic acids is 1. The number of nitrogens with zero attached hydrogens (tertiary/aromatic N) is 1. The van der Waals surface area contributed by atoms with Crippen molar-refractivity contribution >= 4 is 45.1 Å². The summed E-state index contributed by atoms with van der Waals surface area (Å²) in [4.78, 5) is 39.2. The number of rotatable bonds is 4. The summed E-state index contributed by atoms with van der Waals surface area (Å²) in [6.07, 6.45) is 0. The number of ether oxygens (including phenoxy) is 1. The first kappa shape index (κ1) is 20.3. The van der Waals surface area contributed by atoms with Gasteiger partial charge in [0.15, 0.2) is 5.58 Å². The largest absolute Gasteiger partial charge is 0.462 e. The minimum Gasteiger partial charge on any atom is -0.462 e. The van der Waals surface area contributed by atoms with E-state index in [-0.39, 0.29) is 45.0 Å². The molecule has 0 saturated carbocycles. The topological polar surface area (TPSA) is 139 Å². The number of hydrogen-bond acceptors (Lipinski definition) is 7. The normalized spacial score (nSPS) is 11.0. The van der Waals surface area contributed by atoms with Crippen molar-refractivity contribution in [2.24, 2.45) is 0 Å². The number of nitro groups is 1. The van der Waals surface area contributed by atoms with Gasteiger partial charge in [0.05, 0.1) is 22.4 Å². The van der Waals surface area contributed by atoms with Gasteiger partial charge < -0.3 is 14.1 Å². The van der Waals surface area contributed by atoms with Crippen molar-refractivity contribution in [3.05, 3.63) is 79.1 Å². The van der Waals surface area contributed by atoms with Crippen molar-refractivity contribution < 1.29 is 18.9 Å². The number of aromatic amines is 1. The number of fused-ring (bicyclic) bond motifs is 3. The molecule has 0 radical (unpaired) electrons. The van der Waals surface area contributed by atoms with Crippen LogP contribution in [0.15, 0.2) is 51.7 Å². The molecule has 31 heavy (non-hydrogen) atoms. The van der Waals surface area contributed by atoms with Crippen LogP contribution in [0.1, 0.15) is 17.3 Å². The summed E-state index contributed by atoms with van der Waals surface area (Å²) in [5, 5.41) is 20.2. The number of halogens is 1. The van der Waals surface area contributed by atoms with Crippen LogP contribution in [0.5, 0.6) is 0 Å². The number of aromatic nitrogens is 1. The third-order valence-electron chi connectivity index (χ3n) is 4.71. The Bertz CT molecular complexity index is 1510. The van der Waals surface area contributed by atoms with Gasteiger partial charge in [-0.25, -0.2) is 4.79 Å². The predicted molar refractivity (Wildman–Crippen MR) is 113 cm³/mol. The molecule has 9 nitrogen and oxygen atoms in total. The lowest BCUT2D eigenvalue weighted by molar-refractivity contribution is -0.384. The zero-order valence-corrected chi connectivity index (χ0v) is 16.8. The monoisotopic (exact) mass is 439 g/mol. The highest BCUT2D eigenvalue weighted by atomic mass is 35.5. The number of H-pyrrole nitrogens is 1. The van der Waals surface area contributed by atoms with E-state index in [2.05, 4.69) is 4.98 Å². The highest BCUT2D eigenvalue weighted by Crippen LogP contribution is 2.37. The molecule has 0 aliphatic heterocycles. The summed E-state index contributed by atoms with van der Waals surface area (Å²) in [7, 11) is 0. The Morgan fingerprint density at radius 3 is 2.74 bits per heavy atom. The Morgan fingerprint density at radius 1 is 1.29 bits per heavy atom. The second kappa shape index (κ2) is 7.69. The van der Waals surface area contributed by atoms with E-state index < -0.39 is 22.0 Å². The summed E-state index contributed by atoms with van der Waals surface area (Å²) >= 11 is 6.33. The molecule has 0 aliphatic rings. The van der Waals surface area contributed by atoms with E-state index in [0.29, 0.717) is 10.9 Å². The van der Waals surface area contributed by atoms with E-state index in [1.807, 2.05) is 0 Å². The Balaban J connectivity index is 2.27. The summed E-state index contributed by atoms with van der Waals surface area (Å²) in [6.45, 7) is 1.59. The maximum Gasteiger partial charge on any atom is 0.344 e. The number of esters is 1. The van der Waals surface area contributed by atoms with E-state index >= 15 is 0 Å². The zero-order valence-electron chi connectivity index (χ0n) is 16.0. The van der Waals surface area contributed by atoms with Crippen LogP contribution in [0, 0.1) is 15.5 Å². The van der Waals surface area contributed by atoms with Crippen LogP contribution in [0.4, 0.5) is 5.69 Å². The lowest BCUT2D eigenvalue weighted by atomic mass is 9.96. The van der Waals surface area contributed by atoms with Crippen molar-refractivity contribution in [3.63, 3.8) is 0 Å². The fourth-order valence-electron chi connectivity index (χ4n) is 3.42. The van der Waals surface area contributed by atoms with Gasteiger partial charge in [0.1, 0.15) is 5.56 Å². The summed E-state index contributed by atoms with van der Waals surface area (Å²) in [5.41, 5.74) is -1.33. The number of pyridine rings is 1. The highest BCUT2D eigenvalue weighted by Gasteiger charge is 2.27. The second-order valence-electron chi connectivity index (χ2n) is 6.53. The Kier molecular flexibility index (Phi) is 5.04. The van der Waals surface area contributed by atoms with E-state index in [9.17, 15) is 19.7 Å². The summed E-state index contributed by atoms with van der Waals surface area (Å²) in [6, 6.07) is 10.4. The Morgan fingerprint density at radius 2 is 2.03 bits per heavy atom. The second-order valence-corrected chi connectivity index (χ2v) is 6.93. The van der Waals surface area contributed by atoms with Crippen molar-refractivity contribution in [2.45, 2.75) is 6.92 Å². The van der Waals surface area contributed by atoms with Gasteiger partial charge in [-0.05, 0) is 25.1 Å². The van der Waals surface area contributed by atoms with Crippen molar-refractivity contribution in [1.29, 1.82) is 5.41 Å². The molecule has 0 bridgehead atoms. The molecule has 0 aliphatic carbocycles. The lowest BCUT2D eigenvalue weighted by Gasteiger charge is -2.14. The maximum atomic E-state index is 13.1. The minimum atomic E-state index is -0.914. The zero-order chi connectivity index (χ0) is 22.3. The van der Waals surface area contributed by atoms with Gasteiger partial charge in [-0.3, -0.25) is 20.3 Å². The average molecular weight is 440 g/mol. The highest BCUT2D eigenvalue weighted by molar-refractivity contribution is 6.34. The van der Waals surface area contributed by atoms with Gasteiger partial charge in [-0.2, -0.15) is 0 Å². The molecule has 2 aromatic carbocycles. The molecule has 4 rings (SSSR count). The van der Waals surface area contributed by atoms with Crippen LogP contribution >= 0.6 is 11.6 Å². The predicted octanol–water partition coefficient (Wildman–Crippen LogP) is 4.16. The molecule has 0 saturated heterocycles. The van der Waals surface area contributed by atoms with Crippen molar-refractivity contribution in [1.82, 2.24) is 4.98 Å². The number of para-hydroxylation sites is 1. The number of carbonyl (C=O) groups is 1. The van der Waals surface area contributed by atoms with Crippen LogP contribution in [0.25, 0.3) is 33.0 Å². The third-order valence-corrected chi connectivity index (χ3v) is 5.04. The molecular formula is C21H14ClN3O6. The molecule has 156 valence electrons. The van der Waals surface area contributed by atoms with Crippen LogP contribution < -0.4 is 11.1 Å². The van der Waals surface area contributed by atoms with Crippen molar-refractivity contribution in [2.75, 3.05) is 6.61 Å². The van der Waals surface area contributed by atoms with E-state index in [1.54, 1.807) is 31.2 Å². The van der Waals surface area contributed by atoms with Gasteiger partial charge in [-0.1, -0.05) is 23.7 Å². The molecule has 0 unspecified atom stereocenters. The van der Waals surface area contributed by atoms with Gasteiger partial charge in [-0.15, -0.1) is 0 Å². The first-order chi connectivity index (χ1) is 14.8. The molecule has 4 aromatic rings. The van der Waals surface area contributed by atoms with Gasteiger partial charge in [0.2, 0.25) is 5.55 Å². The number of benzene rings is 2. The van der Waals surface area contributed by atoms with E-state index in [4.69, 9.17) is 26.2 Å². The maximum absolute atomic E-state index is 13.1. The molecule has 2 heterocycles. The number of non-ortho nitro benzene ring substituents is 1. The molecule has 0 fully saturated rings. The third kappa shape index (κ3) is 3.34. The molecular weight excluding hydrogens is 426 g/mol. The standard InChI is InChI=1S/C21H14ClN3O6/c1-2-30-21(27)17-15(12-9-10(25(28)29)7-8-13(12)22)16-18(31-19(17)23)11-5-3-4-6-14(11)24-20(16)26/h3-9,23H,2H2,1H3,(H,24,26). The van der Waals surface area contributed by atoms with Gasteiger partial charge in [0.25, 0.3) is 11.2 Å². The minimum absolute atomic E-state index is 0.00645. The molecule has 10 heteroatoms. The number of hydrogen-bond donors (Lipinski definition) is 2. The fourth-order valence-corrected chi connectivity index (χ4v) is 3.64. The molecule has 2 N–H and O–H groups in total. The number of nitrogens with one attached hydrogen (secondary N) is 2. The van der Waals surface area contributed by atoms with Crippen LogP contribution in [0.3, 0.4) is 0 Å². The summed E-state index contributed by atoms with van der Waals surface area (Å²) in [5.74, 6) is -0.914. The molecule has 0 spiro atoms. The lowest BCUT2D eigenvalue weighted by Crippen LogP contribution is -2.21. The molecule has 0 amide bonds. The van der Waals surface area contributed by atoms with E-state index in [0.717, 1.165) is 6.07 Å². The summed E-state index contributed by atoms with van der Waals surface area (Å²) < 4.78 is 10.7. The Hall–Kier alpha value is -3.98. The van der Waals surface area contributed by atoms with E-state index in [1.165, 1.54) is 12.1 Å². The molecule has 2 aromatic heterocycles. The van der Waals surface area contributed by atoms with Gasteiger partial charge >= 0.3 is 5.97 Å².